The first kappa shape index (κ1) is 20.5. The summed E-state index contributed by atoms with van der Waals surface area (Å²) in [6.45, 7) is 2.15. The van der Waals surface area contributed by atoms with Crippen molar-refractivity contribution in [1.82, 2.24) is 9.29 Å². The van der Waals surface area contributed by atoms with Gasteiger partial charge in [-0.25, -0.2) is 0 Å². The van der Waals surface area contributed by atoms with Crippen molar-refractivity contribution in [1.29, 1.82) is 0 Å². The van der Waals surface area contributed by atoms with Gasteiger partial charge in [0.25, 0.3) is 5.56 Å². The van der Waals surface area contributed by atoms with E-state index in [1.165, 1.54) is 16.7 Å². The number of nitrogens with zero attached hydrogens (tertiary/aromatic N) is 1. The van der Waals surface area contributed by atoms with E-state index in [1.807, 2.05) is 16.7 Å². The van der Waals surface area contributed by atoms with E-state index in [-0.39, 0.29) is 17.6 Å². The molecule has 3 aromatic rings. The van der Waals surface area contributed by atoms with Gasteiger partial charge in [0.2, 0.25) is 0 Å². The molecule has 0 spiro atoms. The van der Waals surface area contributed by atoms with Crippen molar-refractivity contribution in [2.75, 3.05) is 5.75 Å². The SMILES string of the molecule is CCSNC1CCc2ccc(Br)c(=O)n2C1Cc1cccc(-c2ccccc2)c1. The molecule has 2 atom stereocenters. The van der Waals surface area contributed by atoms with E-state index < -0.39 is 0 Å². The van der Waals surface area contributed by atoms with Crippen LogP contribution in [-0.4, -0.2) is 16.4 Å². The van der Waals surface area contributed by atoms with Crippen molar-refractivity contribution in [3.8, 4) is 11.1 Å². The van der Waals surface area contributed by atoms with Crippen molar-refractivity contribution in [2.24, 2.45) is 0 Å². The minimum Gasteiger partial charge on any atom is -0.307 e. The van der Waals surface area contributed by atoms with E-state index in [0.29, 0.717) is 4.47 Å². The average molecular weight is 469 g/mol. The Labute approximate surface area is 184 Å². The monoisotopic (exact) mass is 468 g/mol. The summed E-state index contributed by atoms with van der Waals surface area (Å²) in [6.07, 6.45) is 2.79. The van der Waals surface area contributed by atoms with Crippen LogP contribution in [-0.2, 0) is 12.8 Å². The summed E-state index contributed by atoms with van der Waals surface area (Å²) in [5.41, 5.74) is 4.88. The molecule has 2 unspecified atom stereocenters. The number of hydrogen-bond donors (Lipinski definition) is 1. The highest BCUT2D eigenvalue weighted by atomic mass is 79.9. The molecule has 5 heteroatoms. The maximum Gasteiger partial charge on any atom is 0.265 e. The van der Waals surface area contributed by atoms with E-state index >= 15 is 0 Å². The molecule has 1 aromatic heterocycles. The minimum absolute atomic E-state index is 0.0692. The molecule has 2 heterocycles. The number of halogens is 1. The van der Waals surface area contributed by atoms with Crippen LogP contribution in [0.15, 0.2) is 76.0 Å². The van der Waals surface area contributed by atoms with Crippen LogP contribution in [0, 0.1) is 0 Å². The lowest BCUT2D eigenvalue weighted by atomic mass is 9.90. The molecule has 0 saturated heterocycles. The van der Waals surface area contributed by atoms with Gasteiger partial charge in [0.15, 0.2) is 0 Å². The number of fused-ring (bicyclic) bond motifs is 1. The Morgan fingerprint density at radius 2 is 1.86 bits per heavy atom. The third kappa shape index (κ3) is 4.52. The Morgan fingerprint density at radius 1 is 1.07 bits per heavy atom. The van der Waals surface area contributed by atoms with Crippen LogP contribution in [0.1, 0.15) is 30.6 Å². The number of benzene rings is 2. The fraction of sp³-hybridized carbons (Fsp3) is 0.292. The third-order valence-corrected chi connectivity index (χ3v) is 6.88. The highest BCUT2D eigenvalue weighted by Gasteiger charge is 2.30. The van der Waals surface area contributed by atoms with Gasteiger partial charge in [0, 0.05) is 17.5 Å². The summed E-state index contributed by atoms with van der Waals surface area (Å²) in [7, 11) is 0. The van der Waals surface area contributed by atoms with E-state index in [9.17, 15) is 4.79 Å². The first-order valence-electron chi connectivity index (χ1n) is 10.1. The number of rotatable bonds is 6. The lowest BCUT2D eigenvalue weighted by Gasteiger charge is -2.36. The fourth-order valence-corrected chi connectivity index (χ4v) is 5.10. The molecule has 150 valence electrons. The summed E-state index contributed by atoms with van der Waals surface area (Å²) in [4.78, 5) is 13.0. The van der Waals surface area contributed by atoms with Crippen LogP contribution in [0.2, 0.25) is 0 Å². The predicted octanol–water partition coefficient (Wildman–Crippen LogP) is 5.63. The van der Waals surface area contributed by atoms with Gasteiger partial charge in [-0.2, -0.15) is 0 Å². The van der Waals surface area contributed by atoms with Crippen molar-refractivity contribution in [3.05, 3.63) is 92.8 Å². The first-order chi connectivity index (χ1) is 14.2. The number of pyridine rings is 1. The molecule has 2 aromatic carbocycles. The Morgan fingerprint density at radius 3 is 2.66 bits per heavy atom. The maximum absolute atomic E-state index is 13.0. The fourth-order valence-electron chi connectivity index (χ4n) is 4.12. The first-order valence-corrected chi connectivity index (χ1v) is 11.9. The molecule has 0 fully saturated rings. The lowest BCUT2D eigenvalue weighted by molar-refractivity contribution is 0.320. The van der Waals surface area contributed by atoms with Crippen LogP contribution >= 0.6 is 27.9 Å². The molecule has 4 rings (SSSR count). The number of aromatic nitrogens is 1. The van der Waals surface area contributed by atoms with E-state index in [1.54, 1.807) is 11.9 Å². The summed E-state index contributed by atoms with van der Waals surface area (Å²) in [5.74, 6) is 1.01. The predicted molar refractivity (Wildman–Crippen MR) is 126 cm³/mol. The molecule has 0 radical (unpaired) electrons. The molecule has 1 aliphatic rings. The van der Waals surface area contributed by atoms with Crippen molar-refractivity contribution < 1.29 is 0 Å². The largest absolute Gasteiger partial charge is 0.307 e. The molecule has 0 amide bonds. The molecular weight excluding hydrogens is 444 g/mol. The van der Waals surface area contributed by atoms with Gasteiger partial charge in [0.05, 0.1) is 10.5 Å². The van der Waals surface area contributed by atoms with Gasteiger partial charge >= 0.3 is 0 Å². The molecule has 1 N–H and O–H groups in total. The topological polar surface area (TPSA) is 34.0 Å². The third-order valence-electron chi connectivity index (χ3n) is 5.52. The Kier molecular flexibility index (Phi) is 6.58. The number of hydrogen-bond acceptors (Lipinski definition) is 3. The quantitative estimate of drug-likeness (QED) is 0.475. The second-order valence-electron chi connectivity index (χ2n) is 7.38. The van der Waals surface area contributed by atoms with Gasteiger partial charge in [0.1, 0.15) is 0 Å². The second kappa shape index (κ2) is 9.33. The van der Waals surface area contributed by atoms with Crippen molar-refractivity contribution >= 4 is 27.9 Å². The molecule has 3 nitrogen and oxygen atoms in total. The summed E-state index contributed by atoms with van der Waals surface area (Å²) < 4.78 is 6.26. The van der Waals surface area contributed by atoms with Crippen LogP contribution in [0.25, 0.3) is 11.1 Å². The van der Waals surface area contributed by atoms with Gasteiger partial charge in [-0.05, 0) is 64.0 Å². The molecule has 1 aliphatic heterocycles. The molecule has 0 saturated carbocycles. The normalized spacial score (nSPS) is 18.4. The minimum atomic E-state index is 0.0692. The zero-order valence-corrected chi connectivity index (χ0v) is 18.9. The zero-order chi connectivity index (χ0) is 20.2. The summed E-state index contributed by atoms with van der Waals surface area (Å²) in [6, 6.07) is 23.5. The molecular formula is C24H25BrN2OS. The highest BCUT2D eigenvalue weighted by Crippen LogP contribution is 2.30. The Bertz CT molecular complexity index is 1030. The van der Waals surface area contributed by atoms with Gasteiger partial charge in [-0.1, -0.05) is 73.5 Å². The van der Waals surface area contributed by atoms with Crippen LogP contribution in [0.3, 0.4) is 0 Å². The van der Waals surface area contributed by atoms with E-state index in [2.05, 4.69) is 82.2 Å². The molecule has 0 aliphatic carbocycles. The van der Waals surface area contributed by atoms with E-state index in [0.717, 1.165) is 30.7 Å². The average Bonchev–Trinajstić information content (AvgIpc) is 2.76. The zero-order valence-electron chi connectivity index (χ0n) is 16.5. The second-order valence-corrected chi connectivity index (χ2v) is 9.34. The van der Waals surface area contributed by atoms with Crippen LogP contribution in [0.4, 0.5) is 0 Å². The highest BCUT2D eigenvalue weighted by molar-refractivity contribution is 9.10. The lowest BCUT2D eigenvalue weighted by Crippen LogP contribution is -2.45. The maximum atomic E-state index is 13.0. The smallest absolute Gasteiger partial charge is 0.265 e. The Balaban J connectivity index is 1.70. The van der Waals surface area contributed by atoms with Gasteiger partial charge in [-0.15, -0.1) is 0 Å². The summed E-state index contributed by atoms with van der Waals surface area (Å²) >= 11 is 5.18. The van der Waals surface area contributed by atoms with Crippen LogP contribution < -0.4 is 10.3 Å². The standard InChI is InChI=1S/C24H25BrN2OS/c1-2-29-26-22-14-12-20-11-13-21(25)24(28)27(20)23(22)16-17-7-6-10-19(15-17)18-8-4-3-5-9-18/h3-11,13,15,22-23,26H,2,12,14,16H2,1H3. The molecule has 29 heavy (non-hydrogen) atoms. The number of nitrogens with one attached hydrogen (secondary N) is 1. The van der Waals surface area contributed by atoms with Crippen molar-refractivity contribution in [2.45, 2.75) is 38.3 Å². The number of aryl methyl sites for hydroxylation is 1. The van der Waals surface area contributed by atoms with Gasteiger partial charge < -0.3 is 4.57 Å². The van der Waals surface area contributed by atoms with Gasteiger partial charge in [-0.3, -0.25) is 9.52 Å². The van der Waals surface area contributed by atoms with Crippen LogP contribution in [0.5, 0.6) is 0 Å². The van der Waals surface area contributed by atoms with Crippen molar-refractivity contribution in [3.63, 3.8) is 0 Å². The Hall–Kier alpha value is -1.82. The molecule has 0 bridgehead atoms. The summed E-state index contributed by atoms with van der Waals surface area (Å²) in [5, 5.41) is 0. The van der Waals surface area contributed by atoms with E-state index in [4.69, 9.17) is 0 Å².